The van der Waals surface area contributed by atoms with Crippen LogP contribution in [0.15, 0.2) is 12.1 Å². The van der Waals surface area contributed by atoms with Crippen molar-refractivity contribution in [2.24, 2.45) is 5.92 Å². The van der Waals surface area contributed by atoms with E-state index in [0.717, 1.165) is 24.1 Å². The molecule has 2 heteroatoms. The van der Waals surface area contributed by atoms with Crippen LogP contribution in [0.25, 0.3) is 0 Å². The Balaban J connectivity index is 3.08. The number of carbonyl (C=O) groups is 1. The summed E-state index contributed by atoms with van der Waals surface area (Å²) in [6.45, 7) is 9.03. The fourth-order valence-electron chi connectivity index (χ4n) is 2.11. The first-order valence-corrected chi connectivity index (χ1v) is 6.28. The first-order valence-electron chi connectivity index (χ1n) is 6.28. The van der Waals surface area contributed by atoms with Gasteiger partial charge in [0.15, 0.2) is 5.78 Å². The van der Waals surface area contributed by atoms with Crippen molar-refractivity contribution in [2.75, 3.05) is 13.6 Å². The van der Waals surface area contributed by atoms with Gasteiger partial charge in [0.25, 0.3) is 0 Å². The Kier molecular flexibility index (Phi) is 4.88. The van der Waals surface area contributed by atoms with E-state index in [9.17, 15) is 4.79 Å². The molecule has 0 fully saturated rings. The first kappa shape index (κ1) is 13.9. The molecule has 1 atom stereocenters. The lowest BCUT2D eigenvalue weighted by Gasteiger charge is -2.16. The maximum Gasteiger partial charge on any atom is 0.167 e. The average Bonchev–Trinajstić information content (AvgIpc) is 2.32. The van der Waals surface area contributed by atoms with E-state index in [0.29, 0.717) is 0 Å². The van der Waals surface area contributed by atoms with E-state index < -0.39 is 0 Å². The van der Waals surface area contributed by atoms with Gasteiger partial charge in [0.1, 0.15) is 0 Å². The summed E-state index contributed by atoms with van der Waals surface area (Å²) in [4.78, 5) is 12.4. The van der Waals surface area contributed by atoms with Crippen molar-refractivity contribution >= 4 is 5.78 Å². The Hall–Kier alpha value is -1.15. The summed E-state index contributed by atoms with van der Waals surface area (Å²) in [7, 11) is 1.89. The van der Waals surface area contributed by atoms with Gasteiger partial charge >= 0.3 is 0 Å². The molecule has 1 aromatic rings. The molecule has 1 N–H and O–H groups in total. The summed E-state index contributed by atoms with van der Waals surface area (Å²) in [5, 5.41) is 3.09. The maximum absolute atomic E-state index is 12.4. The highest BCUT2D eigenvalue weighted by Gasteiger charge is 2.19. The molecule has 0 aromatic heterocycles. The summed E-state index contributed by atoms with van der Waals surface area (Å²) in [6.07, 6.45) is 0.881. The van der Waals surface area contributed by atoms with E-state index in [1.54, 1.807) is 0 Å². The minimum atomic E-state index is 0.0841. The Morgan fingerprint density at radius 3 is 2.41 bits per heavy atom. The molecule has 0 spiro atoms. The molecule has 0 amide bonds. The third-order valence-electron chi connectivity index (χ3n) is 3.64. The molecule has 0 radical (unpaired) electrons. The topological polar surface area (TPSA) is 29.1 Å². The SMILES string of the molecule is CCC(CNC)C(=O)c1ccc(C)c(C)c1C. The number of ketones is 1. The second-order valence-corrected chi connectivity index (χ2v) is 4.71. The van der Waals surface area contributed by atoms with Gasteiger partial charge in [-0.05, 0) is 50.9 Å². The second kappa shape index (κ2) is 5.97. The number of Topliss-reactive ketones (excluding diaryl/α,β-unsaturated/α-hetero) is 1. The van der Waals surface area contributed by atoms with Crippen molar-refractivity contribution in [1.29, 1.82) is 0 Å². The van der Waals surface area contributed by atoms with Crippen molar-refractivity contribution in [3.8, 4) is 0 Å². The number of carbonyl (C=O) groups excluding carboxylic acids is 1. The average molecular weight is 233 g/mol. The minimum Gasteiger partial charge on any atom is -0.319 e. The molecule has 0 aliphatic heterocycles. The maximum atomic E-state index is 12.4. The van der Waals surface area contributed by atoms with E-state index in [2.05, 4.69) is 26.1 Å². The number of benzene rings is 1. The minimum absolute atomic E-state index is 0.0841. The summed E-state index contributed by atoms with van der Waals surface area (Å²) in [5.41, 5.74) is 4.50. The summed E-state index contributed by atoms with van der Waals surface area (Å²) in [5.74, 6) is 0.350. The van der Waals surface area contributed by atoms with Crippen molar-refractivity contribution in [2.45, 2.75) is 34.1 Å². The largest absolute Gasteiger partial charge is 0.319 e. The molecule has 0 aliphatic rings. The zero-order valence-corrected chi connectivity index (χ0v) is 11.6. The predicted molar refractivity (Wildman–Crippen MR) is 72.7 cm³/mol. The molecule has 2 nitrogen and oxygen atoms in total. The number of hydrogen-bond donors (Lipinski definition) is 1. The molecule has 0 heterocycles. The lowest BCUT2D eigenvalue weighted by Crippen LogP contribution is -2.26. The molecule has 0 aliphatic carbocycles. The van der Waals surface area contributed by atoms with Crippen molar-refractivity contribution in [1.82, 2.24) is 5.32 Å². The fourth-order valence-corrected chi connectivity index (χ4v) is 2.11. The highest BCUT2D eigenvalue weighted by Crippen LogP contribution is 2.21. The Labute approximate surface area is 104 Å². The number of rotatable bonds is 5. The van der Waals surface area contributed by atoms with E-state index in [-0.39, 0.29) is 11.7 Å². The zero-order chi connectivity index (χ0) is 13.0. The van der Waals surface area contributed by atoms with Gasteiger partial charge in [0.05, 0.1) is 0 Å². The Bertz CT molecular complexity index is 410. The van der Waals surface area contributed by atoms with Gasteiger partial charge < -0.3 is 5.32 Å². The van der Waals surface area contributed by atoms with Crippen molar-refractivity contribution in [3.05, 3.63) is 34.4 Å². The monoisotopic (exact) mass is 233 g/mol. The van der Waals surface area contributed by atoms with E-state index >= 15 is 0 Å². The summed E-state index contributed by atoms with van der Waals surface area (Å²) in [6, 6.07) is 4.01. The van der Waals surface area contributed by atoms with Crippen LogP contribution in [-0.4, -0.2) is 19.4 Å². The molecule has 1 unspecified atom stereocenters. The molecule has 1 rings (SSSR count). The molecular formula is C15H23NO. The third-order valence-corrected chi connectivity index (χ3v) is 3.64. The molecule has 17 heavy (non-hydrogen) atoms. The second-order valence-electron chi connectivity index (χ2n) is 4.71. The Morgan fingerprint density at radius 2 is 1.88 bits per heavy atom. The van der Waals surface area contributed by atoms with Crippen LogP contribution in [0.3, 0.4) is 0 Å². The molecule has 0 saturated heterocycles. The van der Waals surface area contributed by atoms with Gasteiger partial charge in [-0.2, -0.15) is 0 Å². The highest BCUT2D eigenvalue weighted by atomic mass is 16.1. The third kappa shape index (κ3) is 2.95. The molecule has 0 bridgehead atoms. The van der Waals surface area contributed by atoms with E-state index in [1.807, 2.05) is 26.1 Å². The Morgan fingerprint density at radius 1 is 1.24 bits per heavy atom. The number of nitrogens with one attached hydrogen (secondary N) is 1. The van der Waals surface area contributed by atoms with Crippen molar-refractivity contribution in [3.63, 3.8) is 0 Å². The van der Waals surface area contributed by atoms with Crippen LogP contribution in [0, 0.1) is 26.7 Å². The van der Waals surface area contributed by atoms with Crippen LogP contribution in [0.5, 0.6) is 0 Å². The fraction of sp³-hybridized carbons (Fsp3) is 0.533. The zero-order valence-electron chi connectivity index (χ0n) is 11.6. The molecule has 94 valence electrons. The normalized spacial score (nSPS) is 12.5. The van der Waals surface area contributed by atoms with Gasteiger partial charge in [-0.25, -0.2) is 0 Å². The lowest BCUT2D eigenvalue weighted by atomic mass is 9.89. The van der Waals surface area contributed by atoms with Crippen LogP contribution in [0.2, 0.25) is 0 Å². The summed E-state index contributed by atoms with van der Waals surface area (Å²) < 4.78 is 0. The van der Waals surface area contributed by atoms with Crippen LogP contribution < -0.4 is 5.32 Å². The highest BCUT2D eigenvalue weighted by molar-refractivity contribution is 5.99. The van der Waals surface area contributed by atoms with Crippen molar-refractivity contribution < 1.29 is 4.79 Å². The first-order chi connectivity index (χ1) is 8.02. The van der Waals surface area contributed by atoms with Crippen LogP contribution in [0.4, 0.5) is 0 Å². The smallest absolute Gasteiger partial charge is 0.167 e. The standard InChI is InChI=1S/C15H23NO/c1-6-13(9-16-5)15(17)14-8-7-10(2)11(3)12(14)4/h7-8,13,16H,6,9H2,1-5H3. The summed E-state index contributed by atoms with van der Waals surface area (Å²) >= 11 is 0. The predicted octanol–water partition coefficient (Wildman–Crippen LogP) is 3.04. The van der Waals surface area contributed by atoms with Crippen LogP contribution in [0.1, 0.15) is 40.4 Å². The van der Waals surface area contributed by atoms with Crippen LogP contribution >= 0.6 is 0 Å². The quantitative estimate of drug-likeness (QED) is 0.792. The number of aryl methyl sites for hydroxylation is 1. The molecular weight excluding hydrogens is 210 g/mol. The van der Waals surface area contributed by atoms with Gasteiger partial charge in [-0.3, -0.25) is 4.79 Å². The molecule has 0 saturated carbocycles. The van der Waals surface area contributed by atoms with Gasteiger partial charge in [0.2, 0.25) is 0 Å². The number of hydrogen-bond acceptors (Lipinski definition) is 2. The van der Waals surface area contributed by atoms with E-state index in [4.69, 9.17) is 0 Å². The van der Waals surface area contributed by atoms with Gasteiger partial charge in [0, 0.05) is 18.0 Å². The lowest BCUT2D eigenvalue weighted by molar-refractivity contribution is 0.0916. The van der Waals surface area contributed by atoms with Crippen LogP contribution in [-0.2, 0) is 0 Å². The molecule has 1 aromatic carbocycles. The van der Waals surface area contributed by atoms with Gasteiger partial charge in [-0.1, -0.05) is 19.1 Å². The van der Waals surface area contributed by atoms with Gasteiger partial charge in [-0.15, -0.1) is 0 Å². The van der Waals surface area contributed by atoms with E-state index in [1.165, 1.54) is 11.1 Å².